The molecule has 6 heteroatoms. The van der Waals surface area contributed by atoms with Crippen LogP contribution in [-0.2, 0) is 19.1 Å². The van der Waals surface area contributed by atoms with E-state index in [9.17, 15) is 18.4 Å². The third-order valence-corrected chi connectivity index (χ3v) is 1.50. The Hall–Kier alpha value is -1.04. The summed E-state index contributed by atoms with van der Waals surface area (Å²) in [7, 11) is 0. The van der Waals surface area contributed by atoms with E-state index < -0.39 is 36.5 Å². The van der Waals surface area contributed by atoms with E-state index in [-0.39, 0.29) is 0 Å². The number of alkyl halides is 2. The van der Waals surface area contributed by atoms with Gasteiger partial charge in [-0.3, -0.25) is 9.59 Å². The molecule has 0 aliphatic rings. The highest BCUT2D eigenvalue weighted by Gasteiger charge is 2.24. The van der Waals surface area contributed by atoms with Crippen LogP contribution in [-0.4, -0.2) is 30.1 Å². The molecule has 4 nitrogen and oxygen atoms in total. The molecule has 0 spiro atoms. The van der Waals surface area contributed by atoms with Gasteiger partial charge >= 0.3 is 12.6 Å². The maximum Gasteiger partial charge on any atom is 0.345 e. The van der Waals surface area contributed by atoms with E-state index in [1.54, 1.807) is 20.8 Å². The highest BCUT2D eigenvalue weighted by Crippen LogP contribution is 2.10. The van der Waals surface area contributed by atoms with Crippen molar-refractivity contribution in [1.29, 1.82) is 0 Å². The fourth-order valence-corrected chi connectivity index (χ4v) is 0.894. The summed E-state index contributed by atoms with van der Waals surface area (Å²) in [6.07, 6.45) is -1.88. The normalized spacial score (nSPS) is 13.7. The topological polar surface area (TPSA) is 52.6 Å². The molecule has 0 amide bonds. The Bertz CT molecular complexity index is 258. The Kier molecular flexibility index (Phi) is 5.50. The Morgan fingerprint density at radius 2 is 1.75 bits per heavy atom. The van der Waals surface area contributed by atoms with E-state index >= 15 is 0 Å². The number of carbonyl (C=O) groups is 2. The van der Waals surface area contributed by atoms with Gasteiger partial charge in [-0.25, -0.2) is 0 Å². The number of carbonyl (C=O) groups excluding carboxylic acids is 2. The van der Waals surface area contributed by atoms with Crippen molar-refractivity contribution in [2.24, 2.45) is 0 Å². The van der Waals surface area contributed by atoms with Crippen LogP contribution in [0.15, 0.2) is 0 Å². The summed E-state index contributed by atoms with van der Waals surface area (Å²) < 4.78 is 32.3. The SMILES string of the molecule is C[C@H](OC(F)F)C(=O)CC(=O)OC(C)(C)C. The maximum atomic E-state index is 11.8. The van der Waals surface area contributed by atoms with Crippen molar-refractivity contribution in [3.05, 3.63) is 0 Å². The molecule has 0 fully saturated rings. The average molecular weight is 238 g/mol. The van der Waals surface area contributed by atoms with Gasteiger partial charge < -0.3 is 9.47 Å². The standard InChI is InChI=1S/C10H16F2O4/c1-6(15-9(11)12)7(13)5-8(14)16-10(2,3)4/h6,9H,5H2,1-4H3/t6-/m0/s1. The summed E-state index contributed by atoms with van der Waals surface area (Å²) in [5.41, 5.74) is -0.704. The molecule has 0 heterocycles. The number of hydrogen-bond donors (Lipinski definition) is 0. The monoisotopic (exact) mass is 238 g/mol. The molecular formula is C10H16F2O4. The summed E-state index contributed by atoms with van der Waals surface area (Å²) >= 11 is 0. The van der Waals surface area contributed by atoms with Gasteiger partial charge in [0.1, 0.15) is 18.1 Å². The van der Waals surface area contributed by atoms with Crippen molar-refractivity contribution in [1.82, 2.24) is 0 Å². The van der Waals surface area contributed by atoms with Crippen LogP contribution in [0.2, 0.25) is 0 Å². The van der Waals surface area contributed by atoms with E-state index in [0.29, 0.717) is 0 Å². The van der Waals surface area contributed by atoms with Gasteiger partial charge in [-0.05, 0) is 27.7 Å². The molecule has 0 N–H and O–H groups in total. The summed E-state index contributed by atoms with van der Waals surface area (Å²) in [6, 6.07) is 0. The number of ketones is 1. The van der Waals surface area contributed by atoms with Crippen LogP contribution >= 0.6 is 0 Å². The zero-order valence-electron chi connectivity index (χ0n) is 9.75. The third-order valence-electron chi connectivity index (χ3n) is 1.50. The molecule has 1 atom stereocenters. The lowest BCUT2D eigenvalue weighted by molar-refractivity contribution is -0.174. The molecule has 0 aromatic rings. The van der Waals surface area contributed by atoms with Crippen LogP contribution in [0.3, 0.4) is 0 Å². The Morgan fingerprint density at radius 3 is 2.12 bits per heavy atom. The Balaban J connectivity index is 4.10. The molecule has 0 aromatic heterocycles. The molecule has 0 radical (unpaired) electrons. The number of rotatable bonds is 5. The number of halogens is 2. The summed E-state index contributed by atoms with van der Waals surface area (Å²) in [6.45, 7) is 3.08. The van der Waals surface area contributed by atoms with Gasteiger partial charge in [0.05, 0.1) is 0 Å². The Morgan fingerprint density at radius 1 is 1.25 bits per heavy atom. The number of esters is 1. The second-order valence-corrected chi connectivity index (χ2v) is 4.27. The van der Waals surface area contributed by atoms with Crippen LogP contribution < -0.4 is 0 Å². The number of hydrogen-bond acceptors (Lipinski definition) is 4. The van der Waals surface area contributed by atoms with Crippen LogP contribution in [0.1, 0.15) is 34.1 Å². The maximum absolute atomic E-state index is 11.8. The minimum Gasteiger partial charge on any atom is -0.460 e. The summed E-state index contributed by atoms with van der Waals surface area (Å²) in [5.74, 6) is -1.48. The van der Waals surface area contributed by atoms with E-state index in [1.165, 1.54) is 6.92 Å². The van der Waals surface area contributed by atoms with E-state index in [2.05, 4.69) is 4.74 Å². The van der Waals surface area contributed by atoms with Gasteiger partial charge in [0, 0.05) is 0 Å². The first-order chi connectivity index (χ1) is 7.11. The first-order valence-corrected chi connectivity index (χ1v) is 4.80. The molecule has 0 saturated heterocycles. The zero-order valence-corrected chi connectivity index (χ0v) is 9.75. The second-order valence-electron chi connectivity index (χ2n) is 4.27. The third kappa shape index (κ3) is 7.28. The number of Topliss-reactive ketones (excluding diaryl/α,β-unsaturated/α-hetero) is 1. The first-order valence-electron chi connectivity index (χ1n) is 4.80. The lowest BCUT2D eigenvalue weighted by Gasteiger charge is -2.19. The molecule has 0 bridgehead atoms. The lowest BCUT2D eigenvalue weighted by Crippen LogP contribution is -2.29. The quantitative estimate of drug-likeness (QED) is 0.542. The van der Waals surface area contributed by atoms with Crippen LogP contribution in [0, 0.1) is 0 Å². The van der Waals surface area contributed by atoms with E-state index in [4.69, 9.17) is 4.74 Å². The van der Waals surface area contributed by atoms with Gasteiger partial charge in [-0.2, -0.15) is 8.78 Å². The summed E-state index contributed by atoms with van der Waals surface area (Å²) in [5, 5.41) is 0. The fourth-order valence-electron chi connectivity index (χ4n) is 0.894. The molecule has 0 unspecified atom stereocenters. The van der Waals surface area contributed by atoms with Gasteiger partial charge in [0.25, 0.3) is 0 Å². The predicted molar refractivity (Wildman–Crippen MR) is 52.0 cm³/mol. The molecule has 0 rings (SSSR count). The van der Waals surface area contributed by atoms with E-state index in [0.717, 1.165) is 0 Å². The van der Waals surface area contributed by atoms with Crippen molar-refractivity contribution in [3.8, 4) is 0 Å². The fraction of sp³-hybridized carbons (Fsp3) is 0.800. The minimum absolute atomic E-state index is 0.564. The van der Waals surface area contributed by atoms with Gasteiger partial charge in [-0.15, -0.1) is 0 Å². The number of ether oxygens (including phenoxy) is 2. The molecule has 94 valence electrons. The van der Waals surface area contributed by atoms with E-state index in [1.807, 2.05) is 0 Å². The van der Waals surface area contributed by atoms with Gasteiger partial charge in [0.15, 0.2) is 5.78 Å². The van der Waals surface area contributed by atoms with Crippen molar-refractivity contribution in [3.63, 3.8) is 0 Å². The van der Waals surface area contributed by atoms with Crippen molar-refractivity contribution >= 4 is 11.8 Å². The minimum atomic E-state index is -3.03. The Labute approximate surface area is 92.9 Å². The molecule has 0 aliphatic heterocycles. The van der Waals surface area contributed by atoms with Crippen LogP contribution in [0.25, 0.3) is 0 Å². The lowest BCUT2D eigenvalue weighted by atomic mass is 10.1. The van der Waals surface area contributed by atoms with Gasteiger partial charge in [0.2, 0.25) is 0 Å². The molecule has 16 heavy (non-hydrogen) atoms. The zero-order chi connectivity index (χ0) is 12.9. The smallest absolute Gasteiger partial charge is 0.345 e. The average Bonchev–Trinajstić information content (AvgIpc) is 1.98. The first kappa shape index (κ1) is 15.0. The molecular weight excluding hydrogens is 222 g/mol. The largest absolute Gasteiger partial charge is 0.460 e. The van der Waals surface area contributed by atoms with Crippen LogP contribution in [0.4, 0.5) is 8.78 Å². The molecule has 0 aliphatic carbocycles. The summed E-state index contributed by atoms with van der Waals surface area (Å²) in [4.78, 5) is 22.4. The highest BCUT2D eigenvalue weighted by atomic mass is 19.3. The molecule has 0 aromatic carbocycles. The van der Waals surface area contributed by atoms with Crippen LogP contribution in [0.5, 0.6) is 0 Å². The van der Waals surface area contributed by atoms with Crippen molar-refractivity contribution in [2.45, 2.75) is 52.4 Å². The van der Waals surface area contributed by atoms with Crippen molar-refractivity contribution in [2.75, 3.05) is 0 Å². The van der Waals surface area contributed by atoms with Gasteiger partial charge in [-0.1, -0.05) is 0 Å². The second kappa shape index (κ2) is 5.89. The van der Waals surface area contributed by atoms with Crippen molar-refractivity contribution < 1.29 is 27.8 Å². The highest BCUT2D eigenvalue weighted by molar-refractivity contribution is 5.97. The molecule has 0 saturated carbocycles. The predicted octanol–water partition coefficient (Wildman–Crippen LogP) is 1.92.